The molecule has 0 spiro atoms. The van der Waals surface area contributed by atoms with E-state index in [1.54, 1.807) is 16.7 Å². The highest BCUT2D eigenvalue weighted by molar-refractivity contribution is 7.15. The second kappa shape index (κ2) is 8.33. The summed E-state index contributed by atoms with van der Waals surface area (Å²) in [6, 6.07) is 11.2. The van der Waals surface area contributed by atoms with Crippen LogP contribution in [0.1, 0.15) is 27.4 Å². The van der Waals surface area contributed by atoms with Crippen molar-refractivity contribution in [1.82, 2.24) is 29.0 Å². The van der Waals surface area contributed by atoms with Crippen LogP contribution in [0.5, 0.6) is 0 Å². The highest BCUT2D eigenvalue weighted by Crippen LogP contribution is 2.16. The van der Waals surface area contributed by atoms with E-state index in [-0.39, 0.29) is 11.5 Å². The van der Waals surface area contributed by atoms with Crippen molar-refractivity contribution in [3.05, 3.63) is 81.0 Å². The van der Waals surface area contributed by atoms with Gasteiger partial charge >= 0.3 is 0 Å². The molecule has 1 aromatic carbocycles. The summed E-state index contributed by atoms with van der Waals surface area (Å²) in [5.74, 6) is 0.0425. The van der Waals surface area contributed by atoms with Crippen LogP contribution in [0.25, 0.3) is 10.6 Å². The normalized spacial score (nSPS) is 14.9. The molecule has 9 heteroatoms. The summed E-state index contributed by atoms with van der Waals surface area (Å²) >= 11 is 1.46. The monoisotopic (exact) mass is 448 g/mol. The van der Waals surface area contributed by atoms with E-state index in [4.69, 9.17) is 0 Å². The molecule has 0 bridgehead atoms. The van der Waals surface area contributed by atoms with Gasteiger partial charge in [0.2, 0.25) is 0 Å². The number of fused-ring (bicyclic) bond motifs is 1. The minimum absolute atomic E-state index is 0.0425. The SMILES string of the molecule is Cc1cc(C)n(-c2ccc(C(=O)N3CCN(Cc4cc(=O)n5ccsc5n4)CC3)cc2)n1. The highest BCUT2D eigenvalue weighted by Gasteiger charge is 2.23. The number of piperazine rings is 1. The summed E-state index contributed by atoms with van der Waals surface area (Å²) in [7, 11) is 0. The number of amides is 1. The number of aryl methyl sites for hydroxylation is 2. The molecule has 1 fully saturated rings. The van der Waals surface area contributed by atoms with Gasteiger partial charge in [-0.3, -0.25) is 18.9 Å². The molecular weight excluding hydrogens is 424 g/mol. The van der Waals surface area contributed by atoms with Gasteiger partial charge in [0.05, 0.1) is 17.1 Å². The number of nitrogens with zero attached hydrogens (tertiary/aromatic N) is 6. The zero-order valence-electron chi connectivity index (χ0n) is 18.1. The molecule has 0 radical (unpaired) electrons. The van der Waals surface area contributed by atoms with E-state index in [0.29, 0.717) is 30.2 Å². The number of carbonyl (C=O) groups excluding carboxylic acids is 1. The molecule has 32 heavy (non-hydrogen) atoms. The van der Waals surface area contributed by atoms with Crippen molar-refractivity contribution in [3.8, 4) is 5.69 Å². The van der Waals surface area contributed by atoms with Gasteiger partial charge < -0.3 is 4.90 Å². The molecule has 0 aliphatic carbocycles. The van der Waals surface area contributed by atoms with Crippen LogP contribution >= 0.6 is 11.3 Å². The second-order valence-electron chi connectivity index (χ2n) is 8.10. The Morgan fingerprint density at radius 3 is 2.50 bits per heavy atom. The summed E-state index contributed by atoms with van der Waals surface area (Å²) in [5, 5.41) is 6.36. The van der Waals surface area contributed by atoms with Crippen molar-refractivity contribution in [3.63, 3.8) is 0 Å². The first-order valence-electron chi connectivity index (χ1n) is 10.6. The average Bonchev–Trinajstić information content (AvgIpc) is 3.40. The van der Waals surface area contributed by atoms with Gasteiger partial charge in [0.15, 0.2) is 4.96 Å². The van der Waals surface area contributed by atoms with E-state index in [2.05, 4.69) is 15.0 Å². The van der Waals surface area contributed by atoms with E-state index in [1.807, 2.05) is 59.1 Å². The maximum absolute atomic E-state index is 13.0. The third-order valence-electron chi connectivity index (χ3n) is 5.77. The van der Waals surface area contributed by atoms with Gasteiger partial charge in [-0.25, -0.2) is 9.67 Å². The number of aromatic nitrogens is 4. The van der Waals surface area contributed by atoms with E-state index in [1.165, 1.54) is 11.3 Å². The molecule has 3 aromatic heterocycles. The lowest BCUT2D eigenvalue weighted by Crippen LogP contribution is -2.48. The van der Waals surface area contributed by atoms with E-state index < -0.39 is 0 Å². The zero-order valence-corrected chi connectivity index (χ0v) is 18.9. The molecule has 8 nitrogen and oxygen atoms in total. The quantitative estimate of drug-likeness (QED) is 0.480. The Hall–Kier alpha value is -3.30. The molecule has 0 saturated carbocycles. The molecular formula is C23H24N6O2S. The van der Waals surface area contributed by atoms with Crippen molar-refractivity contribution in [1.29, 1.82) is 0 Å². The summed E-state index contributed by atoms with van der Waals surface area (Å²) in [6.07, 6.45) is 1.74. The first kappa shape index (κ1) is 20.6. The summed E-state index contributed by atoms with van der Waals surface area (Å²) in [6.45, 7) is 7.40. The molecule has 5 rings (SSSR count). The molecule has 164 valence electrons. The average molecular weight is 449 g/mol. The zero-order chi connectivity index (χ0) is 22.2. The molecule has 0 unspecified atom stereocenters. The van der Waals surface area contributed by atoms with Gasteiger partial charge in [-0.2, -0.15) is 5.10 Å². The van der Waals surface area contributed by atoms with Crippen LogP contribution in [0.2, 0.25) is 0 Å². The largest absolute Gasteiger partial charge is 0.336 e. The Labute approximate surface area is 189 Å². The lowest BCUT2D eigenvalue weighted by atomic mass is 10.1. The molecule has 1 aliphatic rings. The number of carbonyl (C=O) groups is 1. The lowest BCUT2D eigenvalue weighted by molar-refractivity contribution is 0.0627. The highest BCUT2D eigenvalue weighted by atomic mass is 32.1. The van der Waals surface area contributed by atoms with Crippen LogP contribution in [0.3, 0.4) is 0 Å². The Kier molecular flexibility index (Phi) is 5.36. The third-order valence-corrected chi connectivity index (χ3v) is 6.53. The molecule has 1 amide bonds. The van der Waals surface area contributed by atoms with Crippen molar-refractivity contribution >= 4 is 22.2 Å². The van der Waals surface area contributed by atoms with Gasteiger partial charge in [-0.1, -0.05) is 0 Å². The molecule has 4 aromatic rings. The first-order valence-corrected chi connectivity index (χ1v) is 11.5. The van der Waals surface area contributed by atoms with E-state index in [9.17, 15) is 9.59 Å². The van der Waals surface area contributed by atoms with E-state index >= 15 is 0 Å². The minimum atomic E-state index is -0.0519. The van der Waals surface area contributed by atoms with Gasteiger partial charge in [0.25, 0.3) is 11.5 Å². The smallest absolute Gasteiger partial charge is 0.258 e. The maximum atomic E-state index is 13.0. The molecule has 0 atom stereocenters. The van der Waals surface area contributed by atoms with Gasteiger partial charge in [0, 0.05) is 61.6 Å². The minimum Gasteiger partial charge on any atom is -0.336 e. The summed E-state index contributed by atoms with van der Waals surface area (Å²) < 4.78 is 3.45. The van der Waals surface area contributed by atoms with Crippen molar-refractivity contribution in [2.24, 2.45) is 0 Å². The first-order chi connectivity index (χ1) is 15.5. The Morgan fingerprint density at radius 1 is 1.06 bits per heavy atom. The van der Waals surface area contributed by atoms with Crippen LogP contribution in [0, 0.1) is 13.8 Å². The number of hydrogen-bond acceptors (Lipinski definition) is 6. The topological polar surface area (TPSA) is 75.7 Å². The van der Waals surface area contributed by atoms with Crippen LogP contribution in [-0.4, -0.2) is 61.1 Å². The fraction of sp³-hybridized carbons (Fsp3) is 0.304. The fourth-order valence-electron chi connectivity index (χ4n) is 4.13. The summed E-state index contributed by atoms with van der Waals surface area (Å²) in [5.41, 5.74) is 4.38. The van der Waals surface area contributed by atoms with Crippen LogP contribution < -0.4 is 5.56 Å². The number of benzene rings is 1. The molecule has 0 N–H and O–H groups in total. The van der Waals surface area contributed by atoms with Gasteiger partial charge in [-0.05, 0) is 44.2 Å². The third kappa shape index (κ3) is 3.96. The van der Waals surface area contributed by atoms with E-state index in [0.717, 1.165) is 35.9 Å². The number of rotatable bonds is 4. The van der Waals surface area contributed by atoms with Crippen molar-refractivity contribution < 1.29 is 4.79 Å². The Balaban J connectivity index is 1.21. The van der Waals surface area contributed by atoms with Crippen LogP contribution in [0.15, 0.2) is 52.8 Å². The van der Waals surface area contributed by atoms with Crippen molar-refractivity contribution in [2.75, 3.05) is 26.2 Å². The predicted octanol–water partition coefficient (Wildman–Crippen LogP) is 2.52. The van der Waals surface area contributed by atoms with Crippen molar-refractivity contribution in [2.45, 2.75) is 20.4 Å². The second-order valence-corrected chi connectivity index (χ2v) is 8.97. The summed E-state index contributed by atoms with van der Waals surface area (Å²) in [4.78, 5) is 34.6. The lowest BCUT2D eigenvalue weighted by Gasteiger charge is -2.34. The van der Waals surface area contributed by atoms with Crippen LogP contribution in [0.4, 0.5) is 0 Å². The molecule has 1 saturated heterocycles. The molecule has 4 heterocycles. The van der Waals surface area contributed by atoms with Crippen LogP contribution in [-0.2, 0) is 6.54 Å². The van der Waals surface area contributed by atoms with Gasteiger partial charge in [0.1, 0.15) is 0 Å². The Bertz CT molecular complexity index is 1330. The Morgan fingerprint density at radius 2 is 1.81 bits per heavy atom. The maximum Gasteiger partial charge on any atom is 0.258 e. The number of hydrogen-bond donors (Lipinski definition) is 0. The fourth-order valence-corrected chi connectivity index (χ4v) is 4.86. The van der Waals surface area contributed by atoms with Gasteiger partial charge in [-0.15, -0.1) is 11.3 Å². The standard InChI is InChI=1S/C23H24N6O2S/c1-16-13-17(2)29(25-16)20-5-3-18(4-6-20)22(31)27-9-7-26(8-10-27)15-19-14-21(30)28-11-12-32-23(28)24-19/h3-6,11-14H,7-10,15H2,1-2H3. The molecule has 1 aliphatic heterocycles. The predicted molar refractivity (Wildman–Crippen MR) is 124 cm³/mol. The number of thiazole rings is 1.